The fourth-order valence-electron chi connectivity index (χ4n) is 3.44. The van der Waals surface area contributed by atoms with Gasteiger partial charge in [-0.3, -0.25) is 14.9 Å². The van der Waals surface area contributed by atoms with Crippen molar-refractivity contribution in [3.05, 3.63) is 36.0 Å². The monoisotopic (exact) mass is 449 g/mol. The third-order valence-corrected chi connectivity index (χ3v) is 8.02. The lowest BCUT2D eigenvalue weighted by Gasteiger charge is -2.24. The number of H-pyrrole nitrogens is 1. The highest BCUT2D eigenvalue weighted by Crippen LogP contribution is 2.37. The Labute approximate surface area is 179 Å². The van der Waals surface area contributed by atoms with Gasteiger partial charge in [-0.05, 0) is 38.1 Å². The molecule has 160 valence electrons. The van der Waals surface area contributed by atoms with E-state index in [0.29, 0.717) is 17.6 Å². The number of anilines is 2. The third-order valence-electron chi connectivity index (χ3n) is 4.77. The highest BCUT2D eigenvalue weighted by atomic mass is 32.2. The Morgan fingerprint density at radius 3 is 2.73 bits per heavy atom. The second kappa shape index (κ2) is 8.31. The van der Waals surface area contributed by atoms with Crippen LogP contribution < -0.4 is 15.0 Å². The van der Waals surface area contributed by atoms with Crippen molar-refractivity contribution in [3.63, 3.8) is 0 Å². The number of sulfone groups is 1. The van der Waals surface area contributed by atoms with Crippen molar-refractivity contribution < 1.29 is 17.9 Å². The van der Waals surface area contributed by atoms with E-state index in [0.717, 1.165) is 17.1 Å². The van der Waals surface area contributed by atoms with Gasteiger partial charge < -0.3 is 15.0 Å². The van der Waals surface area contributed by atoms with E-state index in [1.807, 2.05) is 38.1 Å². The number of carbonyl (C=O) groups is 1. The number of thioether (sulfide) groups is 1. The smallest absolute Gasteiger partial charge is 0.245 e. The molecule has 0 saturated carbocycles. The summed E-state index contributed by atoms with van der Waals surface area (Å²) in [7, 11) is -3.05. The van der Waals surface area contributed by atoms with Crippen molar-refractivity contribution in [1.29, 1.82) is 0 Å². The van der Waals surface area contributed by atoms with Gasteiger partial charge in [0.05, 0.1) is 24.2 Å². The van der Waals surface area contributed by atoms with Crippen molar-refractivity contribution in [2.45, 2.75) is 25.1 Å². The van der Waals surface area contributed by atoms with Crippen molar-refractivity contribution in [2.24, 2.45) is 4.99 Å². The minimum atomic E-state index is -3.05. The summed E-state index contributed by atoms with van der Waals surface area (Å²) in [6.07, 6.45) is 0. The lowest BCUT2D eigenvalue weighted by molar-refractivity contribution is -0.114. The first-order chi connectivity index (χ1) is 14.3. The molecule has 3 heterocycles. The zero-order valence-electron chi connectivity index (χ0n) is 16.7. The maximum atomic E-state index is 12.7. The highest BCUT2D eigenvalue weighted by molar-refractivity contribution is 8.15. The first kappa shape index (κ1) is 20.7. The van der Waals surface area contributed by atoms with E-state index in [4.69, 9.17) is 4.74 Å². The molecule has 2 aliphatic rings. The van der Waals surface area contributed by atoms with Gasteiger partial charge in [0.25, 0.3) is 0 Å². The molecule has 0 spiro atoms. The van der Waals surface area contributed by atoms with Gasteiger partial charge in [0, 0.05) is 22.7 Å². The molecular weight excluding hydrogens is 426 g/mol. The molecule has 0 unspecified atom stereocenters. The van der Waals surface area contributed by atoms with Gasteiger partial charge in [-0.25, -0.2) is 8.42 Å². The Kier molecular flexibility index (Phi) is 5.74. The minimum Gasteiger partial charge on any atom is -0.494 e. The number of nitrogens with zero attached hydrogens (tertiary/aromatic N) is 3. The number of amidine groups is 1. The van der Waals surface area contributed by atoms with Crippen LogP contribution >= 0.6 is 11.8 Å². The summed E-state index contributed by atoms with van der Waals surface area (Å²) in [5, 5.41) is 10.1. The number of amides is 1. The molecule has 1 saturated heterocycles. The summed E-state index contributed by atoms with van der Waals surface area (Å²) >= 11 is 1.42. The largest absolute Gasteiger partial charge is 0.494 e. The number of ether oxygens (including phenoxy) is 1. The van der Waals surface area contributed by atoms with Crippen LogP contribution in [0.2, 0.25) is 0 Å². The molecule has 1 fully saturated rings. The van der Waals surface area contributed by atoms with Crippen LogP contribution in [-0.2, 0) is 14.6 Å². The predicted molar refractivity (Wildman–Crippen MR) is 118 cm³/mol. The molecule has 1 amide bonds. The second-order valence-corrected chi connectivity index (χ2v) is 10.6. The van der Waals surface area contributed by atoms with Gasteiger partial charge >= 0.3 is 0 Å². The zero-order valence-corrected chi connectivity index (χ0v) is 18.3. The van der Waals surface area contributed by atoms with Gasteiger partial charge in [-0.2, -0.15) is 5.10 Å². The average molecular weight is 450 g/mol. The van der Waals surface area contributed by atoms with Gasteiger partial charge in [-0.1, -0.05) is 11.8 Å². The molecule has 0 aliphatic carbocycles. The molecule has 2 aliphatic heterocycles. The number of hydrogen-bond donors (Lipinski definition) is 2. The Morgan fingerprint density at radius 1 is 1.33 bits per heavy atom. The maximum absolute atomic E-state index is 12.7. The standard InChI is InChI=1S/C19H23N5O4S2/c1-3-28-14-6-4-13(5-7-14)24(9-18(25)21-17-8-12(2)22-23-17)19-20-15-10-30(26,27)11-16(15)29-19/h4-8,15-16H,3,9-11H2,1-2H3,(H2,21,22,23,25)/t15-,16+/m1/s1. The normalized spacial score (nSPS) is 21.7. The minimum absolute atomic E-state index is 0.0257. The lowest BCUT2D eigenvalue weighted by atomic mass is 10.2. The predicted octanol–water partition coefficient (Wildman–Crippen LogP) is 1.83. The number of aromatic amines is 1. The molecule has 2 aromatic rings. The number of rotatable bonds is 6. The van der Waals surface area contributed by atoms with Crippen LogP contribution in [0.5, 0.6) is 5.75 Å². The average Bonchev–Trinajstić information content (AvgIpc) is 3.33. The molecule has 4 rings (SSSR count). The summed E-state index contributed by atoms with van der Waals surface area (Å²) in [6, 6.07) is 8.89. The zero-order chi connectivity index (χ0) is 21.3. The molecular formula is C19H23N5O4S2. The highest BCUT2D eigenvalue weighted by Gasteiger charge is 2.44. The quantitative estimate of drug-likeness (QED) is 0.691. The molecule has 0 radical (unpaired) electrons. The van der Waals surface area contributed by atoms with Crippen LogP contribution in [0.15, 0.2) is 35.3 Å². The molecule has 2 N–H and O–H groups in total. The first-order valence-corrected chi connectivity index (χ1v) is 12.3. The van der Waals surface area contributed by atoms with E-state index < -0.39 is 9.84 Å². The second-order valence-electron chi connectivity index (χ2n) is 7.21. The number of fused-ring (bicyclic) bond motifs is 1. The molecule has 0 bridgehead atoms. The Bertz CT molecular complexity index is 1060. The van der Waals surface area contributed by atoms with Crippen LogP contribution in [0.4, 0.5) is 11.5 Å². The fraction of sp³-hybridized carbons (Fsp3) is 0.421. The molecule has 1 aromatic heterocycles. The number of benzene rings is 1. The van der Waals surface area contributed by atoms with Gasteiger partial charge in [0.1, 0.15) is 12.3 Å². The summed E-state index contributed by atoms with van der Waals surface area (Å²) < 4.78 is 29.3. The van der Waals surface area contributed by atoms with E-state index in [1.54, 1.807) is 11.0 Å². The molecule has 11 heteroatoms. The number of hydrogen-bond acceptors (Lipinski definition) is 8. The maximum Gasteiger partial charge on any atom is 0.245 e. The summed E-state index contributed by atoms with van der Waals surface area (Å²) in [6.45, 7) is 4.36. The third kappa shape index (κ3) is 4.62. The van der Waals surface area contributed by atoms with Crippen molar-refractivity contribution in [1.82, 2.24) is 10.2 Å². The number of nitrogens with one attached hydrogen (secondary N) is 2. The topological polar surface area (TPSA) is 117 Å². The first-order valence-electron chi connectivity index (χ1n) is 9.60. The van der Waals surface area contributed by atoms with Crippen molar-refractivity contribution in [3.8, 4) is 5.75 Å². The van der Waals surface area contributed by atoms with Crippen LogP contribution in [0.25, 0.3) is 0 Å². The van der Waals surface area contributed by atoms with Gasteiger partial charge in [0.15, 0.2) is 20.8 Å². The van der Waals surface area contributed by atoms with Crippen LogP contribution in [0.3, 0.4) is 0 Å². The Hall–Kier alpha value is -2.53. The molecule has 30 heavy (non-hydrogen) atoms. The molecule has 2 atom stereocenters. The van der Waals surface area contributed by atoms with Crippen molar-refractivity contribution in [2.75, 3.05) is 34.9 Å². The van der Waals surface area contributed by atoms with Crippen LogP contribution in [0.1, 0.15) is 12.6 Å². The van der Waals surface area contributed by atoms with Crippen LogP contribution in [-0.4, -0.2) is 65.6 Å². The van der Waals surface area contributed by atoms with Gasteiger partial charge in [-0.15, -0.1) is 0 Å². The molecule has 9 nitrogen and oxygen atoms in total. The number of aliphatic imine (C=N–C) groups is 1. The van der Waals surface area contributed by atoms with Gasteiger partial charge in [0.2, 0.25) is 5.91 Å². The summed E-state index contributed by atoms with van der Waals surface area (Å²) in [5.41, 5.74) is 1.62. The number of aromatic nitrogens is 2. The summed E-state index contributed by atoms with van der Waals surface area (Å²) in [5.74, 6) is 1.12. The lowest BCUT2D eigenvalue weighted by Crippen LogP contribution is -2.36. The van der Waals surface area contributed by atoms with E-state index in [-0.39, 0.29) is 35.2 Å². The van der Waals surface area contributed by atoms with Crippen molar-refractivity contribution >= 4 is 44.2 Å². The van der Waals surface area contributed by atoms with E-state index in [1.165, 1.54) is 11.8 Å². The van der Waals surface area contributed by atoms with E-state index in [9.17, 15) is 13.2 Å². The Morgan fingerprint density at radius 2 is 2.10 bits per heavy atom. The summed E-state index contributed by atoms with van der Waals surface area (Å²) in [4.78, 5) is 19.1. The fourth-order valence-corrected chi connectivity index (χ4v) is 7.22. The molecule has 1 aromatic carbocycles. The number of carbonyl (C=O) groups excluding carboxylic acids is 1. The SMILES string of the molecule is CCOc1ccc(N(CC(=O)Nc2cc(C)[nH]n2)C2=N[C@@H]3CS(=O)(=O)C[C@@H]3S2)cc1. The van der Waals surface area contributed by atoms with Crippen LogP contribution in [0, 0.1) is 6.92 Å². The van der Waals surface area contributed by atoms with E-state index in [2.05, 4.69) is 20.5 Å². The van der Waals surface area contributed by atoms with E-state index >= 15 is 0 Å². The number of aryl methyl sites for hydroxylation is 1. The Balaban J connectivity index is 1.56.